The number of hydrogen-bond acceptors (Lipinski definition) is 1. The Morgan fingerprint density at radius 3 is 1.40 bits per heavy atom. The smallest absolute Gasteiger partial charge is 0.156 e. The number of rotatable bonds is 8. The van der Waals surface area contributed by atoms with Gasteiger partial charge in [0.05, 0.1) is 0 Å². The number of amidine groups is 2. The van der Waals surface area contributed by atoms with Crippen molar-refractivity contribution in [2.45, 2.75) is 78.1 Å². The molecule has 0 fully saturated rings. The average molecular weight is 406 g/mol. The molecule has 2 aromatic carbocycles. The summed E-state index contributed by atoms with van der Waals surface area (Å²) in [7, 11) is 1.76. The largest absolute Gasteiger partial charge is 0.383 e. The summed E-state index contributed by atoms with van der Waals surface area (Å²) in [5.41, 5.74) is 11.4. The van der Waals surface area contributed by atoms with Crippen LogP contribution in [0.4, 0.5) is 0 Å². The van der Waals surface area contributed by atoms with Crippen molar-refractivity contribution < 1.29 is 0 Å². The zero-order valence-corrected chi connectivity index (χ0v) is 19.9. The van der Waals surface area contributed by atoms with Crippen LogP contribution in [0.15, 0.2) is 58.5 Å². The molecule has 0 aliphatic carbocycles. The highest BCUT2D eigenvalue weighted by Crippen LogP contribution is 2.32. The van der Waals surface area contributed by atoms with Gasteiger partial charge in [-0.25, -0.2) is 4.99 Å². The zero-order chi connectivity index (χ0) is 22.4. The van der Waals surface area contributed by atoms with Gasteiger partial charge in [-0.1, -0.05) is 90.1 Å². The number of benzene rings is 2. The van der Waals surface area contributed by atoms with Crippen molar-refractivity contribution in [2.24, 2.45) is 15.7 Å². The number of hydrogen-bond donors (Lipinski definition) is 1. The average Bonchev–Trinajstić information content (AvgIpc) is 2.81. The van der Waals surface area contributed by atoms with Gasteiger partial charge in [0.1, 0.15) is 5.84 Å². The van der Waals surface area contributed by atoms with Gasteiger partial charge in [-0.2, -0.15) is 0 Å². The van der Waals surface area contributed by atoms with Crippen LogP contribution in [-0.2, 0) is 10.8 Å². The summed E-state index contributed by atoms with van der Waals surface area (Å²) in [5.74, 6) is 1.15. The van der Waals surface area contributed by atoms with E-state index in [0.717, 1.165) is 36.8 Å². The Bertz CT molecular complexity index is 865. The molecule has 0 heterocycles. The molecule has 0 atom stereocenters. The molecule has 0 amide bonds. The van der Waals surface area contributed by atoms with Crippen LogP contribution in [0.25, 0.3) is 0 Å². The minimum atomic E-state index is 0.202. The van der Waals surface area contributed by atoms with E-state index >= 15 is 0 Å². The molecule has 0 radical (unpaired) electrons. The first-order chi connectivity index (χ1) is 14.3. The second-order valence-corrected chi connectivity index (χ2v) is 8.73. The van der Waals surface area contributed by atoms with Gasteiger partial charge in [0, 0.05) is 18.2 Å². The van der Waals surface area contributed by atoms with E-state index < -0.39 is 0 Å². The number of nitrogens with zero attached hydrogens (tertiary/aromatic N) is 2. The molecule has 0 aromatic heterocycles. The molecule has 30 heavy (non-hydrogen) atoms. The summed E-state index contributed by atoms with van der Waals surface area (Å²) in [6.45, 7) is 13.6. The summed E-state index contributed by atoms with van der Waals surface area (Å²) < 4.78 is 0. The standard InChI is InChI=1S/C27H39N3/c1-8-26(5,9-2)22-16-12-20(13-17-22)24(28)30-25(29-7)21-14-18-23(19-15-21)27(6,10-3)11-4/h12-19H,8-11H2,1-7H3,(H2,28,29,30). The minimum Gasteiger partial charge on any atom is -0.383 e. The first-order valence-electron chi connectivity index (χ1n) is 11.3. The Morgan fingerprint density at radius 2 is 1.07 bits per heavy atom. The molecule has 3 heteroatoms. The Balaban J connectivity index is 2.28. The summed E-state index contributed by atoms with van der Waals surface area (Å²) in [5, 5.41) is 0. The zero-order valence-electron chi connectivity index (χ0n) is 19.9. The van der Waals surface area contributed by atoms with E-state index in [-0.39, 0.29) is 10.8 Å². The molecule has 0 saturated carbocycles. The van der Waals surface area contributed by atoms with Crippen LogP contribution in [0.5, 0.6) is 0 Å². The summed E-state index contributed by atoms with van der Waals surface area (Å²) in [6, 6.07) is 17.1. The van der Waals surface area contributed by atoms with Crippen molar-refractivity contribution in [1.82, 2.24) is 0 Å². The predicted molar refractivity (Wildman–Crippen MR) is 132 cm³/mol. The topological polar surface area (TPSA) is 50.7 Å². The summed E-state index contributed by atoms with van der Waals surface area (Å²) in [6.07, 6.45) is 4.47. The second kappa shape index (κ2) is 10.1. The van der Waals surface area contributed by atoms with E-state index in [9.17, 15) is 0 Å². The van der Waals surface area contributed by atoms with Crippen LogP contribution in [0.3, 0.4) is 0 Å². The summed E-state index contributed by atoms with van der Waals surface area (Å²) >= 11 is 0. The lowest BCUT2D eigenvalue weighted by atomic mass is 9.77. The SMILES string of the molecule is CCC(C)(CC)c1ccc(C(N)=NC(=NC)c2ccc(C(C)(CC)CC)cc2)cc1. The highest BCUT2D eigenvalue weighted by atomic mass is 14.9. The van der Waals surface area contributed by atoms with E-state index in [1.165, 1.54) is 11.1 Å². The lowest BCUT2D eigenvalue weighted by Gasteiger charge is -2.27. The van der Waals surface area contributed by atoms with Crippen molar-refractivity contribution in [3.8, 4) is 0 Å². The van der Waals surface area contributed by atoms with E-state index in [1.807, 2.05) is 0 Å². The van der Waals surface area contributed by atoms with E-state index in [0.29, 0.717) is 11.7 Å². The molecular formula is C27H39N3. The predicted octanol–water partition coefficient (Wildman–Crippen LogP) is 6.62. The third-order valence-electron chi connectivity index (χ3n) is 7.28. The third-order valence-corrected chi connectivity index (χ3v) is 7.28. The van der Waals surface area contributed by atoms with Crippen molar-refractivity contribution in [3.63, 3.8) is 0 Å². The van der Waals surface area contributed by atoms with Gasteiger partial charge < -0.3 is 5.73 Å². The van der Waals surface area contributed by atoms with Crippen LogP contribution in [0, 0.1) is 0 Å². The van der Waals surface area contributed by atoms with Crippen molar-refractivity contribution in [3.05, 3.63) is 70.8 Å². The first kappa shape index (κ1) is 23.9. The van der Waals surface area contributed by atoms with Crippen molar-refractivity contribution >= 4 is 11.7 Å². The van der Waals surface area contributed by atoms with E-state index in [2.05, 4.69) is 100 Å². The maximum atomic E-state index is 6.34. The molecule has 0 aliphatic rings. The van der Waals surface area contributed by atoms with Gasteiger partial charge in [0.25, 0.3) is 0 Å². The number of aliphatic imine (C=N–C) groups is 2. The molecule has 0 aliphatic heterocycles. The van der Waals surface area contributed by atoms with Gasteiger partial charge >= 0.3 is 0 Å². The Hall–Kier alpha value is -2.42. The Labute approximate surface area is 183 Å². The van der Waals surface area contributed by atoms with Crippen LogP contribution in [0.2, 0.25) is 0 Å². The van der Waals surface area contributed by atoms with Gasteiger partial charge in [-0.15, -0.1) is 0 Å². The van der Waals surface area contributed by atoms with Crippen LogP contribution < -0.4 is 5.73 Å². The van der Waals surface area contributed by atoms with Crippen LogP contribution >= 0.6 is 0 Å². The molecule has 2 N–H and O–H groups in total. The van der Waals surface area contributed by atoms with Gasteiger partial charge in [-0.05, 0) is 47.6 Å². The maximum Gasteiger partial charge on any atom is 0.156 e. The molecule has 0 bridgehead atoms. The highest BCUT2D eigenvalue weighted by Gasteiger charge is 2.23. The molecule has 0 saturated heterocycles. The fourth-order valence-corrected chi connectivity index (χ4v) is 3.80. The fourth-order valence-electron chi connectivity index (χ4n) is 3.80. The van der Waals surface area contributed by atoms with Gasteiger partial charge in [-0.3, -0.25) is 4.99 Å². The molecule has 2 rings (SSSR count). The Morgan fingerprint density at radius 1 is 0.700 bits per heavy atom. The third kappa shape index (κ3) is 5.00. The minimum absolute atomic E-state index is 0.202. The molecule has 0 spiro atoms. The van der Waals surface area contributed by atoms with Crippen LogP contribution in [0.1, 0.15) is 89.5 Å². The van der Waals surface area contributed by atoms with Gasteiger partial charge in [0.15, 0.2) is 5.84 Å². The fraction of sp³-hybridized carbons (Fsp3) is 0.481. The maximum absolute atomic E-state index is 6.34. The van der Waals surface area contributed by atoms with E-state index in [4.69, 9.17) is 5.73 Å². The lowest BCUT2D eigenvalue weighted by Crippen LogP contribution is -2.21. The molecule has 0 unspecified atom stereocenters. The lowest BCUT2D eigenvalue weighted by molar-refractivity contribution is 0.439. The highest BCUT2D eigenvalue weighted by molar-refractivity contribution is 6.10. The Kier molecular flexibility index (Phi) is 8.00. The van der Waals surface area contributed by atoms with Crippen molar-refractivity contribution in [2.75, 3.05) is 7.05 Å². The molecule has 3 nitrogen and oxygen atoms in total. The second-order valence-electron chi connectivity index (χ2n) is 8.73. The first-order valence-corrected chi connectivity index (χ1v) is 11.3. The van der Waals surface area contributed by atoms with Gasteiger partial charge in [0.2, 0.25) is 0 Å². The molecular weight excluding hydrogens is 366 g/mol. The van der Waals surface area contributed by atoms with E-state index in [1.54, 1.807) is 7.05 Å². The van der Waals surface area contributed by atoms with Crippen LogP contribution in [-0.4, -0.2) is 18.7 Å². The quantitative estimate of drug-likeness (QED) is 0.389. The monoisotopic (exact) mass is 405 g/mol. The molecule has 162 valence electrons. The molecule has 2 aromatic rings. The van der Waals surface area contributed by atoms with Crippen molar-refractivity contribution in [1.29, 1.82) is 0 Å². The summed E-state index contributed by atoms with van der Waals surface area (Å²) in [4.78, 5) is 9.03. The normalized spacial score (nSPS) is 13.6. The number of nitrogens with two attached hydrogens (primary N) is 1.